The Hall–Kier alpha value is -1.17. The summed E-state index contributed by atoms with van der Waals surface area (Å²) in [6, 6.07) is 11.3. The molecule has 2 aromatic heterocycles. The molecule has 1 N–H and O–H groups in total. The van der Waals surface area contributed by atoms with Crippen LogP contribution in [0, 0.1) is 0 Å². The van der Waals surface area contributed by atoms with Gasteiger partial charge in [-0.3, -0.25) is 0 Å². The summed E-state index contributed by atoms with van der Waals surface area (Å²) < 4.78 is 1.09. The van der Waals surface area contributed by atoms with Crippen LogP contribution in [-0.2, 0) is 0 Å². The smallest absolute Gasteiger partial charge is 0.127 e. The van der Waals surface area contributed by atoms with Crippen LogP contribution in [-0.4, -0.2) is 10.1 Å². The maximum absolute atomic E-state index is 9.81. The summed E-state index contributed by atoms with van der Waals surface area (Å²) in [5.74, 6) is 0.269. The molecule has 0 saturated heterocycles. The molecule has 0 fully saturated rings. The summed E-state index contributed by atoms with van der Waals surface area (Å²) in [6.45, 7) is 0. The molecule has 0 aliphatic heterocycles. The molecular weight excluding hydrogens is 330 g/mol. The first kappa shape index (κ1) is 11.9. The summed E-state index contributed by atoms with van der Waals surface area (Å²) in [6.07, 6.45) is 0. The van der Waals surface area contributed by atoms with Gasteiger partial charge in [-0.1, -0.05) is 12.1 Å². The number of hydrogen-bond donors (Lipinski definition) is 1. The lowest BCUT2D eigenvalue weighted by atomic mass is 10.2. The van der Waals surface area contributed by atoms with E-state index < -0.39 is 0 Å². The molecule has 0 radical (unpaired) electrons. The Morgan fingerprint density at radius 1 is 1.11 bits per heavy atom. The number of thiophene rings is 1. The normalized spacial score (nSPS) is 10.7. The monoisotopic (exact) mass is 337 g/mol. The van der Waals surface area contributed by atoms with Gasteiger partial charge in [-0.15, -0.1) is 22.7 Å². The molecule has 5 heteroatoms. The fourth-order valence-electron chi connectivity index (χ4n) is 1.62. The Morgan fingerprint density at radius 2 is 1.94 bits per heavy atom. The van der Waals surface area contributed by atoms with E-state index in [0.29, 0.717) is 0 Å². The van der Waals surface area contributed by atoms with Crippen LogP contribution in [0.2, 0.25) is 0 Å². The van der Waals surface area contributed by atoms with Crippen molar-refractivity contribution in [2.75, 3.05) is 0 Å². The highest BCUT2D eigenvalue weighted by atomic mass is 79.9. The molecule has 0 atom stereocenters. The second-order valence-corrected chi connectivity index (χ2v) is 6.98. The summed E-state index contributed by atoms with van der Waals surface area (Å²) in [5.41, 5.74) is 1.73. The molecule has 0 unspecified atom stereocenters. The van der Waals surface area contributed by atoms with E-state index in [-0.39, 0.29) is 5.75 Å². The molecule has 2 nitrogen and oxygen atoms in total. The molecule has 0 aliphatic carbocycles. The summed E-state index contributed by atoms with van der Waals surface area (Å²) in [7, 11) is 0. The van der Waals surface area contributed by atoms with E-state index in [9.17, 15) is 5.11 Å². The lowest BCUT2D eigenvalue weighted by Gasteiger charge is -1.98. The molecule has 18 heavy (non-hydrogen) atoms. The highest BCUT2D eigenvalue weighted by Gasteiger charge is 2.10. The molecule has 90 valence electrons. The van der Waals surface area contributed by atoms with Gasteiger partial charge < -0.3 is 5.11 Å². The van der Waals surface area contributed by atoms with Crippen LogP contribution >= 0.6 is 38.6 Å². The maximum Gasteiger partial charge on any atom is 0.127 e. The SMILES string of the molecule is Oc1ccccc1-c1nc(-c2ccc(Br)s2)cs1. The number of nitrogens with zero attached hydrogens (tertiary/aromatic N) is 1. The van der Waals surface area contributed by atoms with Gasteiger partial charge in [0.1, 0.15) is 10.8 Å². The summed E-state index contributed by atoms with van der Waals surface area (Å²) in [4.78, 5) is 5.70. The van der Waals surface area contributed by atoms with Crippen molar-refractivity contribution in [2.45, 2.75) is 0 Å². The van der Waals surface area contributed by atoms with Gasteiger partial charge in [0.2, 0.25) is 0 Å². The molecule has 0 bridgehead atoms. The van der Waals surface area contributed by atoms with Gasteiger partial charge in [0.25, 0.3) is 0 Å². The predicted octanol–water partition coefficient (Wildman–Crippen LogP) is 5.01. The van der Waals surface area contributed by atoms with Crippen molar-refractivity contribution in [1.82, 2.24) is 4.98 Å². The van der Waals surface area contributed by atoms with Crippen LogP contribution < -0.4 is 0 Å². The van der Waals surface area contributed by atoms with E-state index >= 15 is 0 Å². The quantitative estimate of drug-likeness (QED) is 0.713. The van der Waals surface area contributed by atoms with Crippen molar-refractivity contribution in [1.29, 1.82) is 0 Å². The number of halogens is 1. The number of phenolic OH excluding ortho intramolecular Hbond substituents is 1. The van der Waals surface area contributed by atoms with E-state index in [0.717, 1.165) is 24.9 Å². The molecule has 3 rings (SSSR count). The molecule has 3 aromatic rings. The minimum Gasteiger partial charge on any atom is -0.507 e. The summed E-state index contributed by atoms with van der Waals surface area (Å²) in [5, 5.41) is 12.7. The van der Waals surface area contributed by atoms with Crippen LogP contribution in [0.3, 0.4) is 0 Å². The van der Waals surface area contributed by atoms with Gasteiger partial charge in [-0.2, -0.15) is 0 Å². The van der Waals surface area contributed by atoms with Crippen LogP contribution in [0.1, 0.15) is 0 Å². The molecular formula is C13H8BrNOS2. The van der Waals surface area contributed by atoms with E-state index in [2.05, 4.69) is 20.9 Å². The zero-order chi connectivity index (χ0) is 12.5. The van der Waals surface area contributed by atoms with Gasteiger partial charge in [-0.05, 0) is 40.2 Å². The number of phenols is 1. The number of rotatable bonds is 2. The van der Waals surface area contributed by atoms with Crippen molar-refractivity contribution in [3.63, 3.8) is 0 Å². The second kappa shape index (κ2) is 4.84. The molecule has 0 aliphatic rings. The number of hydrogen-bond acceptors (Lipinski definition) is 4. The average Bonchev–Trinajstić information content (AvgIpc) is 2.98. The molecule has 0 spiro atoms. The standard InChI is InChI=1S/C13H8BrNOS2/c14-12-6-5-11(18-12)9-7-17-13(15-9)8-3-1-2-4-10(8)16/h1-7,16H. The van der Waals surface area contributed by atoms with E-state index in [1.54, 1.807) is 28.7 Å². The molecule has 0 saturated carbocycles. The molecule has 0 amide bonds. The fourth-order valence-corrected chi connectivity index (χ4v) is 3.89. The second-order valence-electron chi connectivity index (χ2n) is 3.66. The van der Waals surface area contributed by atoms with Gasteiger partial charge in [0.05, 0.1) is 19.9 Å². The molecule has 1 aromatic carbocycles. The van der Waals surface area contributed by atoms with Crippen molar-refractivity contribution in [2.24, 2.45) is 0 Å². The highest BCUT2D eigenvalue weighted by molar-refractivity contribution is 9.11. The van der Waals surface area contributed by atoms with E-state index in [1.807, 2.05) is 35.7 Å². The maximum atomic E-state index is 9.81. The van der Waals surface area contributed by atoms with Crippen molar-refractivity contribution >= 4 is 38.6 Å². The van der Waals surface area contributed by atoms with Crippen LogP contribution in [0.5, 0.6) is 5.75 Å². The lowest BCUT2D eigenvalue weighted by molar-refractivity contribution is 0.477. The third kappa shape index (κ3) is 2.21. The van der Waals surface area contributed by atoms with E-state index in [1.165, 1.54) is 0 Å². The molecule has 2 heterocycles. The van der Waals surface area contributed by atoms with Gasteiger partial charge in [-0.25, -0.2) is 4.98 Å². The first-order valence-corrected chi connectivity index (χ1v) is 7.72. The minimum absolute atomic E-state index is 0.269. The highest BCUT2D eigenvalue weighted by Crippen LogP contribution is 2.36. The predicted molar refractivity (Wildman–Crippen MR) is 80.2 cm³/mol. The zero-order valence-electron chi connectivity index (χ0n) is 9.13. The Labute approximate surface area is 121 Å². The van der Waals surface area contributed by atoms with Crippen LogP contribution in [0.25, 0.3) is 21.1 Å². The minimum atomic E-state index is 0.269. The number of aromatic nitrogens is 1. The van der Waals surface area contributed by atoms with Crippen LogP contribution in [0.4, 0.5) is 0 Å². The van der Waals surface area contributed by atoms with Crippen LogP contribution in [0.15, 0.2) is 45.6 Å². The van der Waals surface area contributed by atoms with Gasteiger partial charge >= 0.3 is 0 Å². The van der Waals surface area contributed by atoms with Gasteiger partial charge in [0.15, 0.2) is 0 Å². The Bertz CT molecular complexity index is 690. The number of thiazole rings is 1. The lowest BCUT2D eigenvalue weighted by Crippen LogP contribution is -1.77. The first-order chi connectivity index (χ1) is 8.74. The van der Waals surface area contributed by atoms with Gasteiger partial charge in [0, 0.05) is 5.38 Å². The zero-order valence-corrected chi connectivity index (χ0v) is 12.3. The van der Waals surface area contributed by atoms with Crippen molar-refractivity contribution in [3.05, 3.63) is 45.6 Å². The fraction of sp³-hybridized carbons (Fsp3) is 0. The number of aromatic hydroxyl groups is 1. The number of benzene rings is 1. The topological polar surface area (TPSA) is 33.1 Å². The third-order valence-electron chi connectivity index (χ3n) is 2.46. The largest absolute Gasteiger partial charge is 0.507 e. The van der Waals surface area contributed by atoms with Crippen molar-refractivity contribution in [3.8, 4) is 26.9 Å². The van der Waals surface area contributed by atoms with E-state index in [4.69, 9.17) is 0 Å². The first-order valence-electron chi connectivity index (χ1n) is 5.23. The Morgan fingerprint density at radius 3 is 2.67 bits per heavy atom. The Balaban J connectivity index is 2.02. The Kier molecular flexibility index (Phi) is 3.20. The average molecular weight is 338 g/mol. The number of para-hydroxylation sites is 1. The van der Waals surface area contributed by atoms with Crippen molar-refractivity contribution < 1.29 is 5.11 Å². The third-order valence-corrected chi connectivity index (χ3v) is 4.99. The summed E-state index contributed by atoms with van der Waals surface area (Å²) >= 11 is 6.64.